The van der Waals surface area contributed by atoms with Crippen LogP contribution in [0.2, 0.25) is 0 Å². The fourth-order valence-electron chi connectivity index (χ4n) is 6.03. The summed E-state index contributed by atoms with van der Waals surface area (Å²) in [5.41, 5.74) is 6.38. The van der Waals surface area contributed by atoms with Crippen LogP contribution in [0, 0.1) is 0 Å². The number of rotatable bonds is 7. The average Bonchev–Trinajstić information content (AvgIpc) is 3.50. The van der Waals surface area contributed by atoms with Gasteiger partial charge >= 0.3 is 0 Å². The van der Waals surface area contributed by atoms with E-state index in [1.165, 1.54) is 12.8 Å². The van der Waals surface area contributed by atoms with E-state index in [-0.39, 0.29) is 36.2 Å². The Morgan fingerprint density at radius 2 is 1.19 bits per heavy atom. The summed E-state index contributed by atoms with van der Waals surface area (Å²) in [5, 5.41) is 0. The summed E-state index contributed by atoms with van der Waals surface area (Å²) in [4.78, 5) is 59.3. The van der Waals surface area contributed by atoms with Gasteiger partial charge in [0.25, 0.3) is 0 Å². The molecule has 2 amide bonds. The summed E-state index contributed by atoms with van der Waals surface area (Å²) in [5.74, 6) is -0.218. The van der Waals surface area contributed by atoms with Gasteiger partial charge in [0.1, 0.15) is 0 Å². The topological polar surface area (TPSA) is 81.2 Å². The molecular weight excluding hydrogens is 528 g/mol. The molecule has 0 bridgehead atoms. The van der Waals surface area contributed by atoms with E-state index in [1.807, 2.05) is 55.7 Å². The van der Waals surface area contributed by atoms with Crippen LogP contribution < -0.4 is 9.80 Å². The van der Waals surface area contributed by atoms with Gasteiger partial charge in [0.2, 0.25) is 11.8 Å². The minimum Gasteiger partial charge on any atom is -0.383 e. The highest BCUT2D eigenvalue weighted by molar-refractivity contribution is 6.12. The molecule has 0 spiro atoms. The van der Waals surface area contributed by atoms with Gasteiger partial charge in [-0.3, -0.25) is 19.2 Å². The number of aryl methyl sites for hydroxylation is 2. The van der Waals surface area contributed by atoms with Crippen LogP contribution in [-0.2, 0) is 22.4 Å². The quantitative estimate of drug-likeness (QED) is 0.448. The molecule has 1 saturated heterocycles. The Morgan fingerprint density at radius 1 is 0.714 bits per heavy atom. The van der Waals surface area contributed by atoms with Gasteiger partial charge < -0.3 is 19.6 Å². The lowest BCUT2D eigenvalue weighted by molar-refractivity contribution is -0.123. The van der Waals surface area contributed by atoms with Gasteiger partial charge in [-0.15, -0.1) is 0 Å². The fourth-order valence-corrected chi connectivity index (χ4v) is 6.03. The number of fused-ring (bicyclic) bond motifs is 2. The number of anilines is 2. The zero-order chi connectivity index (χ0) is 30.0. The van der Waals surface area contributed by atoms with Gasteiger partial charge in [-0.05, 0) is 86.1 Å². The molecule has 0 N–H and O–H groups in total. The molecule has 0 aromatic heterocycles. The van der Waals surface area contributed by atoms with E-state index >= 15 is 0 Å². The first-order valence-corrected chi connectivity index (χ1v) is 14.8. The van der Waals surface area contributed by atoms with Crippen LogP contribution >= 0.6 is 0 Å². The standard InChI is InChI=1S/C34H40N4O4/c1-35(2)21-25-9-7-23-19-27(11-13-29(23)33(25)41)36(3)31(39)15-16-32(40)37(4)28-12-14-30-24(20-28)8-10-26(34(30)42)22-38-17-5-6-18-38/h11-14,19-22H,5-10,15-18H2,1-4H3/b25-21+,26-22+. The van der Waals surface area contributed by atoms with E-state index < -0.39 is 0 Å². The molecule has 5 rings (SSSR count). The van der Waals surface area contributed by atoms with Crippen molar-refractivity contribution >= 4 is 34.8 Å². The number of carbonyl (C=O) groups excluding carboxylic acids is 4. The summed E-state index contributed by atoms with van der Waals surface area (Å²) < 4.78 is 0. The molecule has 0 atom stereocenters. The van der Waals surface area contributed by atoms with Crippen molar-refractivity contribution in [2.75, 3.05) is 51.1 Å². The maximum atomic E-state index is 13.1. The Kier molecular flexibility index (Phi) is 8.61. The minimum atomic E-state index is -0.166. The number of allylic oxidation sites excluding steroid dienone is 2. The SMILES string of the molecule is CN(C)/C=C1\CCc2cc(N(C)C(=O)CCC(=O)N(C)c3ccc4c(c3)CC/C(=C\N3CCCC3)C4=O)ccc2C1=O. The predicted octanol–water partition coefficient (Wildman–Crippen LogP) is 4.78. The lowest BCUT2D eigenvalue weighted by Gasteiger charge is -2.24. The first-order chi connectivity index (χ1) is 20.1. The van der Waals surface area contributed by atoms with Crippen LogP contribution in [-0.4, -0.2) is 74.5 Å². The normalized spacial score (nSPS) is 18.2. The first-order valence-electron chi connectivity index (χ1n) is 14.8. The summed E-state index contributed by atoms with van der Waals surface area (Å²) >= 11 is 0. The molecule has 2 aromatic rings. The molecule has 8 nitrogen and oxygen atoms in total. The van der Waals surface area contributed by atoms with Gasteiger partial charge in [0.05, 0.1) is 0 Å². The minimum absolute atomic E-state index is 0.0321. The smallest absolute Gasteiger partial charge is 0.227 e. The highest BCUT2D eigenvalue weighted by Gasteiger charge is 2.26. The number of carbonyl (C=O) groups is 4. The van der Waals surface area contributed by atoms with Crippen molar-refractivity contribution in [3.63, 3.8) is 0 Å². The molecular formula is C34H40N4O4. The summed E-state index contributed by atoms with van der Waals surface area (Å²) in [7, 11) is 7.22. The lowest BCUT2D eigenvalue weighted by Crippen LogP contribution is -2.31. The zero-order valence-electron chi connectivity index (χ0n) is 25.1. The summed E-state index contributed by atoms with van der Waals surface area (Å²) in [6.07, 6.45) is 9.27. The summed E-state index contributed by atoms with van der Waals surface area (Å²) in [6, 6.07) is 11.1. The van der Waals surface area contributed by atoms with Crippen LogP contribution in [0.3, 0.4) is 0 Å². The third-order valence-corrected chi connectivity index (χ3v) is 8.55. The van der Waals surface area contributed by atoms with Gasteiger partial charge in [0.15, 0.2) is 11.6 Å². The Morgan fingerprint density at radius 3 is 1.69 bits per heavy atom. The number of likely N-dealkylation sites (tertiary alicyclic amines) is 1. The molecule has 1 heterocycles. The van der Waals surface area contributed by atoms with Gasteiger partial charge in [-0.2, -0.15) is 0 Å². The average molecular weight is 569 g/mol. The van der Waals surface area contributed by atoms with E-state index in [1.54, 1.807) is 36.0 Å². The van der Waals surface area contributed by atoms with Crippen molar-refractivity contribution in [3.8, 4) is 0 Å². The molecule has 2 aliphatic carbocycles. The van der Waals surface area contributed by atoms with Crippen LogP contribution in [0.15, 0.2) is 59.9 Å². The second kappa shape index (κ2) is 12.3. The van der Waals surface area contributed by atoms with E-state index in [4.69, 9.17) is 0 Å². The number of nitrogens with zero attached hydrogens (tertiary/aromatic N) is 4. The first kappa shape index (κ1) is 29.3. The van der Waals surface area contributed by atoms with Crippen molar-refractivity contribution < 1.29 is 19.2 Å². The van der Waals surface area contributed by atoms with Crippen molar-refractivity contribution in [2.45, 2.75) is 51.4 Å². The largest absolute Gasteiger partial charge is 0.383 e. The third-order valence-electron chi connectivity index (χ3n) is 8.55. The molecule has 220 valence electrons. The highest BCUT2D eigenvalue weighted by Crippen LogP contribution is 2.31. The monoisotopic (exact) mass is 568 g/mol. The zero-order valence-corrected chi connectivity index (χ0v) is 25.1. The van der Waals surface area contributed by atoms with Crippen molar-refractivity contribution in [3.05, 3.63) is 82.2 Å². The molecule has 8 heteroatoms. The maximum Gasteiger partial charge on any atom is 0.227 e. The second-order valence-corrected chi connectivity index (χ2v) is 11.8. The van der Waals surface area contributed by atoms with E-state index in [0.717, 1.165) is 53.9 Å². The summed E-state index contributed by atoms with van der Waals surface area (Å²) in [6.45, 7) is 2.02. The van der Waals surface area contributed by atoms with Crippen LogP contribution in [0.5, 0.6) is 0 Å². The predicted molar refractivity (Wildman–Crippen MR) is 165 cm³/mol. The number of amides is 2. The van der Waals surface area contributed by atoms with E-state index in [2.05, 4.69) is 4.90 Å². The number of hydrogen-bond donors (Lipinski definition) is 0. The molecule has 0 saturated carbocycles. The molecule has 1 fully saturated rings. The highest BCUT2D eigenvalue weighted by atomic mass is 16.2. The van der Waals surface area contributed by atoms with Crippen LogP contribution in [0.4, 0.5) is 11.4 Å². The second-order valence-electron chi connectivity index (χ2n) is 11.8. The number of hydrogen-bond acceptors (Lipinski definition) is 6. The van der Waals surface area contributed by atoms with E-state index in [9.17, 15) is 19.2 Å². The fraction of sp³-hybridized carbons (Fsp3) is 0.412. The van der Waals surface area contributed by atoms with Gasteiger partial charge in [0, 0.05) is 100 Å². The van der Waals surface area contributed by atoms with Crippen LogP contribution in [0.25, 0.3) is 0 Å². The van der Waals surface area contributed by atoms with Crippen molar-refractivity contribution in [1.82, 2.24) is 9.80 Å². The molecule has 1 aliphatic heterocycles. The Bertz CT molecular complexity index is 1480. The molecule has 2 aromatic carbocycles. The third kappa shape index (κ3) is 6.17. The molecule has 3 aliphatic rings. The number of Topliss-reactive ketones (excluding diaryl/α,β-unsaturated/α-hetero) is 2. The van der Waals surface area contributed by atoms with Crippen molar-refractivity contribution in [1.29, 1.82) is 0 Å². The lowest BCUT2D eigenvalue weighted by atomic mass is 9.87. The van der Waals surface area contributed by atoms with Crippen LogP contribution in [0.1, 0.15) is 70.4 Å². The van der Waals surface area contributed by atoms with Gasteiger partial charge in [-0.25, -0.2) is 0 Å². The number of ketones is 2. The Hall–Kier alpha value is -4.20. The Balaban J connectivity index is 1.18. The molecule has 42 heavy (non-hydrogen) atoms. The maximum absolute atomic E-state index is 13.1. The van der Waals surface area contributed by atoms with Gasteiger partial charge in [-0.1, -0.05) is 0 Å². The van der Waals surface area contributed by atoms with E-state index in [0.29, 0.717) is 29.7 Å². The Labute approximate surface area is 248 Å². The number of benzene rings is 2. The molecule has 0 radical (unpaired) electrons. The molecule has 0 unspecified atom stereocenters. The van der Waals surface area contributed by atoms with Crippen molar-refractivity contribution in [2.24, 2.45) is 0 Å².